The number of para-hydroxylation sites is 1. The van der Waals surface area contributed by atoms with Crippen LogP contribution >= 0.6 is 0 Å². The molecule has 4 aromatic rings. The van der Waals surface area contributed by atoms with Crippen LogP contribution in [-0.2, 0) is 17.9 Å². The molecule has 0 saturated heterocycles. The number of nitrogens with one attached hydrogen (secondary N) is 1. The van der Waals surface area contributed by atoms with Gasteiger partial charge in [0.15, 0.2) is 0 Å². The van der Waals surface area contributed by atoms with E-state index in [-0.39, 0.29) is 18.5 Å². The highest BCUT2D eigenvalue weighted by molar-refractivity contribution is 5.82. The third-order valence-electron chi connectivity index (χ3n) is 4.50. The van der Waals surface area contributed by atoms with Crippen molar-refractivity contribution in [3.63, 3.8) is 0 Å². The van der Waals surface area contributed by atoms with Crippen LogP contribution in [0.3, 0.4) is 0 Å². The number of carbonyl (C=O) groups excluding carboxylic acids is 1. The standard InChI is InChI=1S/C20H20N6O/c27-20(13-26-19-9-5-4-8-17(19)12-22-26)24-18(16-6-2-1-3-7-16)10-11-25-15-21-14-23-25/h1-9,12,14-15,18H,10-11,13H2,(H,24,27)/t18-/m0/s1. The fourth-order valence-corrected chi connectivity index (χ4v) is 3.14. The summed E-state index contributed by atoms with van der Waals surface area (Å²) in [7, 11) is 0. The molecule has 0 spiro atoms. The van der Waals surface area contributed by atoms with Crippen LogP contribution < -0.4 is 5.32 Å². The van der Waals surface area contributed by atoms with Gasteiger partial charge in [0, 0.05) is 11.9 Å². The molecule has 1 atom stereocenters. The summed E-state index contributed by atoms with van der Waals surface area (Å²) in [5, 5.41) is 12.6. The van der Waals surface area contributed by atoms with Gasteiger partial charge in [-0.05, 0) is 18.1 Å². The number of aryl methyl sites for hydroxylation is 1. The Balaban J connectivity index is 1.47. The fraction of sp³-hybridized carbons (Fsp3) is 0.200. The third-order valence-corrected chi connectivity index (χ3v) is 4.50. The van der Waals surface area contributed by atoms with Gasteiger partial charge >= 0.3 is 0 Å². The van der Waals surface area contributed by atoms with Crippen LogP contribution in [0.5, 0.6) is 0 Å². The zero-order chi connectivity index (χ0) is 18.5. The SMILES string of the molecule is O=C(Cn1ncc2ccccc21)N[C@@H](CCn1cncn1)c1ccccc1. The average molecular weight is 360 g/mol. The van der Waals surface area contributed by atoms with Crippen molar-refractivity contribution in [2.24, 2.45) is 0 Å². The van der Waals surface area contributed by atoms with Gasteiger partial charge < -0.3 is 5.32 Å². The lowest BCUT2D eigenvalue weighted by Crippen LogP contribution is -2.32. The molecule has 7 nitrogen and oxygen atoms in total. The van der Waals surface area contributed by atoms with Gasteiger partial charge in [0.25, 0.3) is 0 Å². The Hall–Kier alpha value is -3.48. The maximum Gasteiger partial charge on any atom is 0.242 e. The number of benzene rings is 2. The summed E-state index contributed by atoms with van der Waals surface area (Å²) in [6, 6.07) is 17.7. The first-order valence-electron chi connectivity index (χ1n) is 8.87. The molecule has 7 heteroatoms. The third kappa shape index (κ3) is 4.03. The molecule has 2 heterocycles. The Morgan fingerprint density at radius 3 is 2.67 bits per heavy atom. The van der Waals surface area contributed by atoms with Gasteiger partial charge in [-0.1, -0.05) is 48.5 Å². The lowest BCUT2D eigenvalue weighted by molar-refractivity contribution is -0.122. The van der Waals surface area contributed by atoms with Crippen LogP contribution in [0, 0.1) is 0 Å². The van der Waals surface area contributed by atoms with Gasteiger partial charge in [0.1, 0.15) is 19.2 Å². The molecule has 0 radical (unpaired) electrons. The van der Waals surface area contributed by atoms with Crippen LogP contribution in [0.15, 0.2) is 73.4 Å². The van der Waals surface area contributed by atoms with E-state index in [0.717, 1.165) is 22.9 Å². The molecule has 136 valence electrons. The quantitative estimate of drug-likeness (QED) is 0.549. The summed E-state index contributed by atoms with van der Waals surface area (Å²) in [4.78, 5) is 16.7. The lowest BCUT2D eigenvalue weighted by atomic mass is 10.0. The molecule has 0 bridgehead atoms. The number of hydrogen-bond acceptors (Lipinski definition) is 4. The van der Waals surface area contributed by atoms with E-state index in [4.69, 9.17) is 0 Å². The van der Waals surface area contributed by atoms with Gasteiger partial charge in [-0.25, -0.2) is 4.98 Å². The number of rotatable bonds is 7. The van der Waals surface area contributed by atoms with Crippen molar-refractivity contribution in [3.05, 3.63) is 79.0 Å². The van der Waals surface area contributed by atoms with Gasteiger partial charge in [0.05, 0.1) is 17.8 Å². The summed E-state index contributed by atoms with van der Waals surface area (Å²) in [5.74, 6) is -0.0729. The molecule has 0 aliphatic heterocycles. The summed E-state index contributed by atoms with van der Waals surface area (Å²) in [6.45, 7) is 0.852. The van der Waals surface area contributed by atoms with Crippen LogP contribution in [0.25, 0.3) is 10.9 Å². The second kappa shape index (κ2) is 7.82. The second-order valence-electron chi connectivity index (χ2n) is 6.34. The molecule has 1 amide bonds. The molecular weight excluding hydrogens is 340 g/mol. The minimum atomic E-state index is -0.107. The molecule has 27 heavy (non-hydrogen) atoms. The van der Waals surface area contributed by atoms with E-state index in [2.05, 4.69) is 20.5 Å². The van der Waals surface area contributed by atoms with Crippen molar-refractivity contribution < 1.29 is 4.79 Å². The van der Waals surface area contributed by atoms with Crippen LogP contribution in [0.1, 0.15) is 18.0 Å². The molecule has 0 unspecified atom stereocenters. The van der Waals surface area contributed by atoms with Crippen molar-refractivity contribution in [1.29, 1.82) is 0 Å². The molecule has 0 aliphatic rings. The van der Waals surface area contributed by atoms with E-state index in [9.17, 15) is 4.79 Å². The second-order valence-corrected chi connectivity index (χ2v) is 6.34. The fourth-order valence-electron chi connectivity index (χ4n) is 3.14. The van der Waals surface area contributed by atoms with Crippen molar-refractivity contribution in [2.45, 2.75) is 25.6 Å². The summed E-state index contributed by atoms with van der Waals surface area (Å²) >= 11 is 0. The lowest BCUT2D eigenvalue weighted by Gasteiger charge is -2.19. The van der Waals surface area contributed by atoms with E-state index >= 15 is 0 Å². The van der Waals surface area contributed by atoms with Crippen molar-refractivity contribution in [3.8, 4) is 0 Å². The highest BCUT2D eigenvalue weighted by atomic mass is 16.2. The van der Waals surface area contributed by atoms with E-state index in [1.807, 2.05) is 54.6 Å². The van der Waals surface area contributed by atoms with Crippen molar-refractivity contribution in [1.82, 2.24) is 29.9 Å². The molecule has 2 aromatic heterocycles. The number of aromatic nitrogens is 5. The topological polar surface area (TPSA) is 77.6 Å². The Bertz CT molecular complexity index is 1010. The first-order valence-corrected chi connectivity index (χ1v) is 8.87. The van der Waals surface area contributed by atoms with Crippen LogP contribution in [0.2, 0.25) is 0 Å². The predicted molar refractivity (Wildman–Crippen MR) is 102 cm³/mol. The molecule has 0 saturated carbocycles. The first kappa shape index (κ1) is 17.0. The van der Waals surface area contributed by atoms with Gasteiger partial charge in [-0.15, -0.1) is 0 Å². The Morgan fingerprint density at radius 2 is 1.85 bits per heavy atom. The summed E-state index contributed by atoms with van der Waals surface area (Å²) in [6.07, 6.45) is 5.69. The molecule has 4 rings (SSSR count). The molecule has 2 aromatic carbocycles. The predicted octanol–water partition coefficient (Wildman–Crippen LogP) is 2.58. The normalized spacial score (nSPS) is 12.1. The molecule has 0 fully saturated rings. The maximum atomic E-state index is 12.7. The Morgan fingerprint density at radius 1 is 1.04 bits per heavy atom. The largest absolute Gasteiger partial charge is 0.348 e. The highest BCUT2D eigenvalue weighted by Crippen LogP contribution is 2.18. The smallest absolute Gasteiger partial charge is 0.242 e. The van der Waals surface area contributed by atoms with Crippen LogP contribution in [-0.4, -0.2) is 30.5 Å². The number of hydrogen-bond donors (Lipinski definition) is 1. The van der Waals surface area contributed by atoms with Crippen molar-refractivity contribution >= 4 is 16.8 Å². The zero-order valence-corrected chi connectivity index (χ0v) is 14.8. The minimum Gasteiger partial charge on any atom is -0.348 e. The van der Waals surface area contributed by atoms with E-state index in [1.165, 1.54) is 6.33 Å². The van der Waals surface area contributed by atoms with Crippen LogP contribution in [0.4, 0.5) is 0 Å². The van der Waals surface area contributed by atoms with E-state index < -0.39 is 0 Å². The molecule has 1 N–H and O–H groups in total. The minimum absolute atomic E-state index is 0.0729. The first-order chi connectivity index (χ1) is 13.3. The van der Waals surface area contributed by atoms with Gasteiger partial charge in [-0.3, -0.25) is 14.2 Å². The molecule has 0 aliphatic carbocycles. The summed E-state index contributed by atoms with van der Waals surface area (Å²) < 4.78 is 3.49. The van der Waals surface area contributed by atoms with Gasteiger partial charge in [0.2, 0.25) is 5.91 Å². The summed E-state index contributed by atoms with van der Waals surface area (Å²) in [5.41, 5.74) is 2.02. The zero-order valence-electron chi connectivity index (χ0n) is 14.8. The van der Waals surface area contributed by atoms with E-state index in [1.54, 1.807) is 21.9 Å². The number of nitrogens with zero attached hydrogens (tertiary/aromatic N) is 5. The molecular formula is C20H20N6O. The highest BCUT2D eigenvalue weighted by Gasteiger charge is 2.16. The number of amides is 1. The Labute approximate surface area is 156 Å². The average Bonchev–Trinajstić information content (AvgIpc) is 3.36. The number of fused-ring (bicyclic) bond motifs is 1. The van der Waals surface area contributed by atoms with Crippen molar-refractivity contribution in [2.75, 3.05) is 0 Å². The van der Waals surface area contributed by atoms with E-state index in [0.29, 0.717) is 6.54 Å². The maximum absolute atomic E-state index is 12.7. The monoisotopic (exact) mass is 360 g/mol. The van der Waals surface area contributed by atoms with Gasteiger partial charge in [-0.2, -0.15) is 10.2 Å². The Kier molecular flexibility index (Phi) is 4.91. The number of carbonyl (C=O) groups is 1.